The zero-order valence-corrected chi connectivity index (χ0v) is 20.4. The molecule has 0 atom stereocenters. The monoisotopic (exact) mass is 483 g/mol. The Morgan fingerprint density at radius 3 is 2.33 bits per heavy atom. The summed E-state index contributed by atoms with van der Waals surface area (Å²) in [5.41, 5.74) is 6.29. The summed E-state index contributed by atoms with van der Waals surface area (Å²) < 4.78 is 10.9. The maximum absolute atomic E-state index is 13.1. The summed E-state index contributed by atoms with van der Waals surface area (Å²) in [5, 5.41) is 0. The Balaban J connectivity index is 1.07. The molecule has 1 saturated heterocycles. The van der Waals surface area contributed by atoms with Crippen LogP contribution in [0.25, 0.3) is 11.1 Å². The molecule has 0 N–H and O–H groups in total. The van der Waals surface area contributed by atoms with E-state index in [4.69, 9.17) is 9.47 Å². The van der Waals surface area contributed by atoms with Gasteiger partial charge in [0.15, 0.2) is 11.5 Å². The van der Waals surface area contributed by atoms with E-state index in [-0.39, 0.29) is 18.6 Å². The third-order valence-corrected chi connectivity index (χ3v) is 7.32. The quantitative estimate of drug-likeness (QED) is 0.563. The molecule has 3 aliphatic rings. The van der Waals surface area contributed by atoms with Crippen LogP contribution < -0.4 is 14.4 Å². The molecule has 2 amide bonds. The lowest BCUT2D eigenvalue weighted by atomic mass is 10.00. The number of amides is 2. The van der Waals surface area contributed by atoms with Crippen molar-refractivity contribution in [2.24, 2.45) is 0 Å². The van der Waals surface area contributed by atoms with Crippen LogP contribution in [-0.4, -0.2) is 61.1 Å². The predicted octanol–water partition coefficient (Wildman–Crippen LogP) is 3.95. The highest BCUT2D eigenvalue weighted by molar-refractivity contribution is 5.95. The van der Waals surface area contributed by atoms with Crippen LogP contribution >= 0.6 is 0 Å². The molecule has 0 aromatic heterocycles. The standard InChI is InChI=1S/C29H29N3O4/c1-20(33)32-11-10-25-17-24(7-8-26(25)32)22-3-5-23(6-4-22)29(34)31-14-12-30(13-15-31)18-21-2-9-27-28(16-21)36-19-35-27/h2-9,16-17H,10-15,18-19H2,1H3. The van der Waals surface area contributed by atoms with Crippen LogP contribution in [0.3, 0.4) is 0 Å². The lowest BCUT2D eigenvalue weighted by Crippen LogP contribution is -2.48. The molecule has 3 aromatic rings. The molecule has 7 nitrogen and oxygen atoms in total. The number of rotatable bonds is 4. The van der Waals surface area contributed by atoms with Gasteiger partial charge in [0.2, 0.25) is 12.7 Å². The molecule has 184 valence electrons. The Morgan fingerprint density at radius 1 is 0.806 bits per heavy atom. The number of carbonyl (C=O) groups excluding carboxylic acids is 2. The lowest BCUT2D eigenvalue weighted by Gasteiger charge is -2.34. The van der Waals surface area contributed by atoms with Crippen molar-refractivity contribution >= 4 is 17.5 Å². The Kier molecular flexibility index (Phi) is 5.85. The topological polar surface area (TPSA) is 62.3 Å². The first-order chi connectivity index (χ1) is 17.5. The minimum Gasteiger partial charge on any atom is -0.454 e. The van der Waals surface area contributed by atoms with E-state index in [0.717, 1.165) is 60.9 Å². The van der Waals surface area contributed by atoms with Gasteiger partial charge in [0.05, 0.1) is 0 Å². The molecule has 1 fully saturated rings. The van der Waals surface area contributed by atoms with Crippen molar-refractivity contribution in [1.29, 1.82) is 0 Å². The molecule has 7 heteroatoms. The van der Waals surface area contributed by atoms with Gasteiger partial charge in [-0.2, -0.15) is 0 Å². The van der Waals surface area contributed by atoms with Crippen molar-refractivity contribution in [2.45, 2.75) is 19.9 Å². The van der Waals surface area contributed by atoms with Crippen LogP contribution in [0.1, 0.15) is 28.4 Å². The first kappa shape index (κ1) is 22.6. The van der Waals surface area contributed by atoms with Crippen molar-refractivity contribution in [2.75, 3.05) is 44.4 Å². The Hall–Kier alpha value is -3.84. The van der Waals surface area contributed by atoms with Crippen LogP contribution in [0.5, 0.6) is 11.5 Å². The maximum Gasteiger partial charge on any atom is 0.253 e. The smallest absolute Gasteiger partial charge is 0.253 e. The first-order valence-corrected chi connectivity index (χ1v) is 12.5. The van der Waals surface area contributed by atoms with Crippen molar-refractivity contribution in [3.8, 4) is 22.6 Å². The summed E-state index contributed by atoms with van der Waals surface area (Å²) in [7, 11) is 0. The highest BCUT2D eigenvalue weighted by atomic mass is 16.7. The average molecular weight is 484 g/mol. The second-order valence-electron chi connectivity index (χ2n) is 9.60. The third kappa shape index (κ3) is 4.31. The molecule has 0 saturated carbocycles. The molecule has 0 spiro atoms. The molecule has 0 radical (unpaired) electrons. The average Bonchev–Trinajstić information content (AvgIpc) is 3.55. The Bertz CT molecular complexity index is 1310. The van der Waals surface area contributed by atoms with Gasteiger partial charge in [-0.1, -0.05) is 24.3 Å². The number of hydrogen-bond acceptors (Lipinski definition) is 5. The number of hydrogen-bond donors (Lipinski definition) is 0. The molecule has 3 aliphatic heterocycles. The van der Waals surface area contributed by atoms with E-state index in [1.165, 1.54) is 11.1 Å². The van der Waals surface area contributed by atoms with E-state index in [1.54, 1.807) is 6.92 Å². The number of benzene rings is 3. The van der Waals surface area contributed by atoms with Gasteiger partial charge in [-0.25, -0.2) is 0 Å². The van der Waals surface area contributed by atoms with E-state index in [0.29, 0.717) is 18.7 Å². The highest BCUT2D eigenvalue weighted by Gasteiger charge is 2.24. The summed E-state index contributed by atoms with van der Waals surface area (Å²) in [6.07, 6.45) is 0.875. The van der Waals surface area contributed by atoms with E-state index in [2.05, 4.69) is 23.1 Å². The van der Waals surface area contributed by atoms with Gasteiger partial charge in [0.25, 0.3) is 5.91 Å². The SMILES string of the molecule is CC(=O)N1CCc2cc(-c3ccc(C(=O)N4CCN(Cc5ccc6c(c5)OCO6)CC4)cc3)ccc21. The van der Waals surface area contributed by atoms with Crippen molar-refractivity contribution in [3.05, 3.63) is 77.4 Å². The number of fused-ring (bicyclic) bond motifs is 2. The second-order valence-corrected chi connectivity index (χ2v) is 9.60. The zero-order valence-electron chi connectivity index (χ0n) is 20.4. The lowest BCUT2D eigenvalue weighted by molar-refractivity contribution is -0.116. The minimum absolute atomic E-state index is 0.0790. The predicted molar refractivity (Wildman–Crippen MR) is 137 cm³/mol. The summed E-state index contributed by atoms with van der Waals surface area (Å²) in [6.45, 7) is 6.57. The molecule has 3 aromatic carbocycles. The van der Waals surface area contributed by atoms with Crippen molar-refractivity contribution in [1.82, 2.24) is 9.80 Å². The molecule has 3 heterocycles. The van der Waals surface area contributed by atoms with Crippen LogP contribution in [0.2, 0.25) is 0 Å². The number of piperazine rings is 1. The third-order valence-electron chi connectivity index (χ3n) is 7.32. The van der Waals surface area contributed by atoms with Crippen molar-refractivity contribution < 1.29 is 19.1 Å². The van der Waals surface area contributed by atoms with Gasteiger partial charge in [0.1, 0.15) is 0 Å². The molecule has 36 heavy (non-hydrogen) atoms. The fourth-order valence-corrected chi connectivity index (χ4v) is 5.30. The van der Waals surface area contributed by atoms with Crippen LogP contribution in [-0.2, 0) is 17.8 Å². The number of anilines is 1. The summed E-state index contributed by atoms with van der Waals surface area (Å²) >= 11 is 0. The molecular weight excluding hydrogens is 454 g/mol. The summed E-state index contributed by atoms with van der Waals surface area (Å²) in [5.74, 6) is 1.77. The maximum atomic E-state index is 13.1. The first-order valence-electron chi connectivity index (χ1n) is 12.5. The minimum atomic E-state index is 0.0790. The van der Waals surface area contributed by atoms with Crippen LogP contribution in [0.15, 0.2) is 60.7 Å². The largest absolute Gasteiger partial charge is 0.454 e. The number of ether oxygens (including phenoxy) is 2. The highest BCUT2D eigenvalue weighted by Crippen LogP contribution is 2.34. The number of nitrogens with zero attached hydrogens (tertiary/aromatic N) is 3. The van der Waals surface area contributed by atoms with Crippen LogP contribution in [0.4, 0.5) is 5.69 Å². The van der Waals surface area contributed by atoms with E-state index in [1.807, 2.05) is 52.3 Å². The molecular formula is C29H29N3O4. The normalized spacial score (nSPS) is 16.8. The van der Waals surface area contributed by atoms with Crippen LogP contribution in [0, 0.1) is 0 Å². The fourth-order valence-electron chi connectivity index (χ4n) is 5.30. The van der Waals surface area contributed by atoms with Gasteiger partial charge in [-0.3, -0.25) is 14.5 Å². The van der Waals surface area contributed by atoms with Gasteiger partial charge in [-0.15, -0.1) is 0 Å². The summed E-state index contributed by atoms with van der Waals surface area (Å²) in [6, 6.07) is 20.2. The van der Waals surface area contributed by atoms with Gasteiger partial charge in [0, 0.05) is 57.4 Å². The molecule has 0 aliphatic carbocycles. The molecule has 0 unspecified atom stereocenters. The Labute approximate surface area is 210 Å². The van der Waals surface area contributed by atoms with Gasteiger partial charge in [-0.05, 0) is 65.1 Å². The zero-order chi connectivity index (χ0) is 24.6. The fraction of sp³-hybridized carbons (Fsp3) is 0.310. The summed E-state index contributed by atoms with van der Waals surface area (Å²) in [4.78, 5) is 31.1. The van der Waals surface area contributed by atoms with E-state index in [9.17, 15) is 9.59 Å². The number of carbonyl (C=O) groups is 2. The van der Waals surface area contributed by atoms with Gasteiger partial charge < -0.3 is 19.3 Å². The van der Waals surface area contributed by atoms with Crippen molar-refractivity contribution in [3.63, 3.8) is 0 Å². The Morgan fingerprint density at radius 2 is 1.56 bits per heavy atom. The van der Waals surface area contributed by atoms with E-state index >= 15 is 0 Å². The van der Waals surface area contributed by atoms with E-state index < -0.39 is 0 Å². The molecule has 0 bridgehead atoms. The second kappa shape index (κ2) is 9.32. The molecule has 6 rings (SSSR count). The van der Waals surface area contributed by atoms with Gasteiger partial charge >= 0.3 is 0 Å².